The van der Waals surface area contributed by atoms with Gasteiger partial charge in [-0.2, -0.15) is 0 Å². The van der Waals surface area contributed by atoms with Crippen molar-refractivity contribution in [1.29, 1.82) is 0 Å². The van der Waals surface area contributed by atoms with Crippen LogP contribution in [0.4, 0.5) is 0 Å². The van der Waals surface area contributed by atoms with Crippen LogP contribution in [0.2, 0.25) is 0 Å². The second-order valence-electron chi connectivity index (χ2n) is 5.18. The largest absolute Gasteiger partial charge is 0.507 e. The Morgan fingerprint density at radius 2 is 1.74 bits per heavy atom. The molecular formula is C18H20N2O3. The number of carbonyl (C=O) groups excluding carboxylic acids is 1. The van der Waals surface area contributed by atoms with Crippen LogP contribution in [0, 0.1) is 13.8 Å². The summed E-state index contributed by atoms with van der Waals surface area (Å²) in [6, 6.07) is 12.5. The summed E-state index contributed by atoms with van der Waals surface area (Å²) in [6.45, 7) is 7.52. The first-order valence-electron chi connectivity index (χ1n) is 7.20. The third-order valence-corrected chi connectivity index (χ3v) is 3.34. The number of ether oxygens (including phenoxy) is 1. The topological polar surface area (TPSA) is 70.6 Å². The number of para-hydroxylation sites is 2. The maximum atomic E-state index is 11.9. The van der Waals surface area contributed by atoms with Crippen LogP contribution in [-0.4, -0.2) is 17.6 Å². The summed E-state index contributed by atoms with van der Waals surface area (Å²) in [4.78, 5) is 11.9. The lowest BCUT2D eigenvalue weighted by Gasteiger charge is -2.14. The minimum Gasteiger partial charge on any atom is -0.507 e. The van der Waals surface area contributed by atoms with E-state index in [0.717, 1.165) is 11.1 Å². The van der Waals surface area contributed by atoms with Gasteiger partial charge in [-0.3, -0.25) is 15.6 Å². The molecule has 0 atom stereocenters. The average Bonchev–Trinajstić information content (AvgIpc) is 2.52. The number of rotatable bonds is 6. The summed E-state index contributed by atoms with van der Waals surface area (Å²) >= 11 is 0. The Morgan fingerprint density at radius 3 is 2.39 bits per heavy atom. The molecule has 0 aliphatic carbocycles. The zero-order valence-corrected chi connectivity index (χ0v) is 13.2. The minimum atomic E-state index is -0.343. The molecule has 0 aliphatic rings. The van der Waals surface area contributed by atoms with Crippen LogP contribution in [0.1, 0.15) is 16.7 Å². The van der Waals surface area contributed by atoms with Crippen molar-refractivity contribution in [2.24, 2.45) is 0 Å². The van der Waals surface area contributed by atoms with Crippen LogP contribution >= 0.6 is 0 Å². The van der Waals surface area contributed by atoms with Gasteiger partial charge >= 0.3 is 0 Å². The van der Waals surface area contributed by atoms with Crippen molar-refractivity contribution < 1.29 is 14.6 Å². The molecule has 0 unspecified atom stereocenters. The Labute approximate surface area is 135 Å². The summed E-state index contributed by atoms with van der Waals surface area (Å²) in [5, 5.41) is 9.72. The standard InChI is InChI=1S/C18H20N2O3/c1-12-7-6-8-13(2)18(12)23-11-17(22)20-19-14(3)15-9-4-5-10-16(15)21/h4-10,19,21H,3,11H2,1-2H3,(H,20,22). The number of carbonyl (C=O) groups is 1. The lowest BCUT2D eigenvalue weighted by atomic mass is 10.1. The van der Waals surface area contributed by atoms with Crippen LogP contribution in [0.25, 0.3) is 5.70 Å². The molecule has 2 aromatic carbocycles. The lowest BCUT2D eigenvalue weighted by molar-refractivity contribution is -0.123. The molecule has 23 heavy (non-hydrogen) atoms. The van der Waals surface area contributed by atoms with Crippen molar-refractivity contribution in [2.45, 2.75) is 13.8 Å². The van der Waals surface area contributed by atoms with Crippen molar-refractivity contribution in [3.8, 4) is 11.5 Å². The van der Waals surface area contributed by atoms with Gasteiger partial charge in [0, 0.05) is 5.56 Å². The number of phenolic OH excluding ortho intramolecular Hbond substituents is 1. The van der Waals surface area contributed by atoms with Gasteiger partial charge in [0.2, 0.25) is 0 Å². The zero-order chi connectivity index (χ0) is 16.8. The molecule has 0 saturated heterocycles. The second kappa shape index (κ2) is 7.35. The summed E-state index contributed by atoms with van der Waals surface area (Å²) in [7, 11) is 0. The van der Waals surface area contributed by atoms with Crippen LogP contribution < -0.4 is 15.6 Å². The Bertz CT molecular complexity index is 706. The monoisotopic (exact) mass is 312 g/mol. The normalized spacial score (nSPS) is 10.0. The quantitative estimate of drug-likeness (QED) is 0.717. The molecule has 3 N–H and O–H groups in total. The highest BCUT2D eigenvalue weighted by Gasteiger charge is 2.08. The second-order valence-corrected chi connectivity index (χ2v) is 5.18. The van der Waals surface area contributed by atoms with Gasteiger partial charge in [0.05, 0.1) is 5.70 Å². The Morgan fingerprint density at radius 1 is 1.09 bits per heavy atom. The van der Waals surface area contributed by atoms with Crippen LogP contribution in [0.3, 0.4) is 0 Å². The van der Waals surface area contributed by atoms with Crippen molar-refractivity contribution >= 4 is 11.6 Å². The predicted molar refractivity (Wildman–Crippen MR) is 89.8 cm³/mol. The van der Waals surface area contributed by atoms with Gasteiger partial charge in [-0.25, -0.2) is 0 Å². The molecule has 0 aliphatic heterocycles. The molecule has 0 aromatic heterocycles. The van der Waals surface area contributed by atoms with E-state index in [2.05, 4.69) is 17.4 Å². The molecule has 120 valence electrons. The van der Waals surface area contributed by atoms with E-state index in [1.54, 1.807) is 24.3 Å². The van der Waals surface area contributed by atoms with Crippen LogP contribution in [0.15, 0.2) is 49.0 Å². The van der Waals surface area contributed by atoms with Crippen molar-refractivity contribution in [2.75, 3.05) is 6.61 Å². The smallest absolute Gasteiger partial charge is 0.276 e. The highest BCUT2D eigenvalue weighted by molar-refractivity contribution is 5.79. The number of aryl methyl sites for hydroxylation is 2. The van der Waals surface area contributed by atoms with E-state index in [1.807, 2.05) is 32.0 Å². The van der Waals surface area contributed by atoms with E-state index in [9.17, 15) is 9.90 Å². The molecule has 0 bridgehead atoms. The Kier molecular flexibility index (Phi) is 5.25. The summed E-state index contributed by atoms with van der Waals surface area (Å²) < 4.78 is 5.56. The Hall–Kier alpha value is -2.95. The predicted octanol–water partition coefficient (Wildman–Crippen LogP) is 2.68. The molecule has 0 fully saturated rings. The number of amides is 1. The number of hydrazine groups is 1. The van der Waals surface area contributed by atoms with E-state index in [-0.39, 0.29) is 18.3 Å². The van der Waals surface area contributed by atoms with Crippen molar-refractivity contribution in [1.82, 2.24) is 10.9 Å². The fourth-order valence-electron chi connectivity index (χ4n) is 2.14. The first kappa shape index (κ1) is 16.4. The SMILES string of the molecule is C=C(NNC(=O)COc1c(C)cccc1C)c1ccccc1O. The number of aromatic hydroxyl groups is 1. The van der Waals surface area contributed by atoms with E-state index >= 15 is 0 Å². The number of hydrogen-bond acceptors (Lipinski definition) is 4. The lowest BCUT2D eigenvalue weighted by Crippen LogP contribution is -2.39. The van der Waals surface area contributed by atoms with Crippen LogP contribution in [0.5, 0.6) is 11.5 Å². The molecule has 1 amide bonds. The molecule has 2 rings (SSSR count). The molecular weight excluding hydrogens is 292 g/mol. The van der Waals surface area contributed by atoms with Gasteiger partial charge in [0.25, 0.3) is 5.91 Å². The van der Waals surface area contributed by atoms with Crippen molar-refractivity contribution in [3.63, 3.8) is 0 Å². The molecule has 0 saturated carbocycles. The third-order valence-electron chi connectivity index (χ3n) is 3.34. The molecule has 5 nitrogen and oxygen atoms in total. The maximum absolute atomic E-state index is 11.9. The van der Waals surface area contributed by atoms with E-state index in [4.69, 9.17) is 4.74 Å². The number of nitrogens with one attached hydrogen (secondary N) is 2. The van der Waals surface area contributed by atoms with Gasteiger partial charge in [0.15, 0.2) is 6.61 Å². The average molecular weight is 312 g/mol. The molecule has 0 spiro atoms. The Balaban J connectivity index is 1.86. The number of benzene rings is 2. The molecule has 0 radical (unpaired) electrons. The number of hydrogen-bond donors (Lipinski definition) is 3. The highest BCUT2D eigenvalue weighted by Crippen LogP contribution is 2.22. The van der Waals surface area contributed by atoms with Gasteiger partial charge in [-0.05, 0) is 37.1 Å². The zero-order valence-electron chi connectivity index (χ0n) is 13.2. The van der Waals surface area contributed by atoms with E-state index < -0.39 is 0 Å². The summed E-state index contributed by atoms with van der Waals surface area (Å²) in [6.07, 6.45) is 0. The van der Waals surface area contributed by atoms with Gasteiger partial charge in [0.1, 0.15) is 11.5 Å². The fourth-order valence-corrected chi connectivity index (χ4v) is 2.14. The first-order valence-corrected chi connectivity index (χ1v) is 7.20. The fraction of sp³-hybridized carbons (Fsp3) is 0.167. The van der Waals surface area contributed by atoms with Crippen LogP contribution in [-0.2, 0) is 4.79 Å². The summed E-state index contributed by atoms with van der Waals surface area (Å²) in [5.74, 6) is 0.456. The van der Waals surface area contributed by atoms with Gasteiger partial charge in [-0.15, -0.1) is 0 Å². The van der Waals surface area contributed by atoms with Gasteiger partial charge in [-0.1, -0.05) is 36.9 Å². The maximum Gasteiger partial charge on any atom is 0.276 e. The van der Waals surface area contributed by atoms with Crippen molar-refractivity contribution in [3.05, 3.63) is 65.7 Å². The first-order chi connectivity index (χ1) is 11.0. The van der Waals surface area contributed by atoms with Gasteiger partial charge < -0.3 is 9.84 Å². The third kappa shape index (κ3) is 4.26. The van der Waals surface area contributed by atoms with E-state index in [1.165, 1.54) is 0 Å². The number of phenols is 1. The molecule has 0 heterocycles. The van der Waals surface area contributed by atoms with E-state index in [0.29, 0.717) is 17.0 Å². The highest BCUT2D eigenvalue weighted by atomic mass is 16.5. The molecule has 5 heteroatoms. The summed E-state index contributed by atoms with van der Waals surface area (Å²) in [5.41, 5.74) is 8.03. The molecule has 2 aromatic rings. The minimum absolute atomic E-state index is 0.0889.